The van der Waals surface area contributed by atoms with E-state index in [0.29, 0.717) is 12.1 Å². The van der Waals surface area contributed by atoms with E-state index in [1.54, 1.807) is 30.1 Å². The summed E-state index contributed by atoms with van der Waals surface area (Å²) in [6.07, 6.45) is -4.92. The molecule has 0 aromatic heterocycles. The third-order valence-corrected chi connectivity index (χ3v) is 2.69. The Morgan fingerprint density at radius 3 is 2.50 bits per heavy atom. The van der Waals surface area contributed by atoms with Crippen LogP contribution in [0.25, 0.3) is 0 Å². The molecular formula is C13H15F3N2. The molecule has 0 unspecified atom stereocenters. The normalized spacial score (nSPS) is 11.6. The molecule has 0 spiro atoms. The summed E-state index contributed by atoms with van der Waals surface area (Å²) >= 11 is 0. The molecule has 0 atom stereocenters. The van der Waals surface area contributed by atoms with Gasteiger partial charge in [-0.2, -0.15) is 18.4 Å². The Bertz CT molecular complexity index is 447. The van der Waals surface area contributed by atoms with E-state index in [0.717, 1.165) is 11.1 Å². The first-order chi connectivity index (χ1) is 8.31. The largest absolute Gasteiger partial charge is 0.390 e. The van der Waals surface area contributed by atoms with Crippen LogP contribution in [0.4, 0.5) is 13.2 Å². The highest BCUT2D eigenvalue weighted by atomic mass is 19.4. The van der Waals surface area contributed by atoms with Gasteiger partial charge in [-0.15, -0.1) is 0 Å². The molecule has 0 N–H and O–H groups in total. The van der Waals surface area contributed by atoms with Gasteiger partial charge in [-0.3, -0.25) is 0 Å². The summed E-state index contributed by atoms with van der Waals surface area (Å²) in [7, 11) is 1.66. The molecule has 5 heteroatoms. The summed E-state index contributed by atoms with van der Waals surface area (Å²) in [5.74, 6) is 0. The fraction of sp³-hybridized carbons (Fsp3) is 0.462. The number of nitrogens with zero attached hydrogens (tertiary/aromatic N) is 2. The first-order valence-corrected chi connectivity index (χ1v) is 5.57. The van der Waals surface area contributed by atoms with E-state index in [1.165, 1.54) is 0 Å². The Hall–Kier alpha value is -1.54. The van der Waals surface area contributed by atoms with Gasteiger partial charge >= 0.3 is 6.18 Å². The van der Waals surface area contributed by atoms with Gasteiger partial charge in [0.25, 0.3) is 0 Å². The van der Waals surface area contributed by atoms with Gasteiger partial charge in [0.15, 0.2) is 0 Å². The Morgan fingerprint density at radius 1 is 1.33 bits per heavy atom. The number of alkyl halides is 3. The van der Waals surface area contributed by atoms with Crippen LogP contribution in [0.15, 0.2) is 18.2 Å². The Kier molecular flexibility index (Phi) is 4.74. The van der Waals surface area contributed by atoms with E-state index >= 15 is 0 Å². The Labute approximate surface area is 105 Å². The highest BCUT2D eigenvalue weighted by molar-refractivity contribution is 5.37. The molecule has 0 heterocycles. The minimum Gasteiger partial charge on any atom is -0.302 e. The highest BCUT2D eigenvalue weighted by Gasteiger charge is 2.27. The van der Waals surface area contributed by atoms with Crippen LogP contribution in [0, 0.1) is 18.3 Å². The summed E-state index contributed by atoms with van der Waals surface area (Å²) in [6, 6.07) is 7.24. The van der Waals surface area contributed by atoms with Gasteiger partial charge in [-0.1, -0.05) is 6.07 Å². The summed E-state index contributed by atoms with van der Waals surface area (Å²) < 4.78 is 36.2. The number of benzene rings is 1. The second kappa shape index (κ2) is 5.87. The molecule has 0 aliphatic carbocycles. The molecule has 0 bridgehead atoms. The van der Waals surface area contributed by atoms with E-state index in [2.05, 4.69) is 0 Å². The number of halogens is 3. The lowest BCUT2D eigenvalue weighted by Crippen LogP contribution is -2.24. The minimum absolute atomic E-state index is 0.0249. The summed E-state index contributed by atoms with van der Waals surface area (Å²) in [6.45, 7) is 2.28. The number of hydrogen-bond acceptors (Lipinski definition) is 2. The summed E-state index contributed by atoms with van der Waals surface area (Å²) in [5, 5.41) is 8.72. The second-order valence-corrected chi connectivity index (χ2v) is 4.36. The molecule has 1 rings (SSSR count). The summed E-state index contributed by atoms with van der Waals surface area (Å²) in [5.41, 5.74) is 2.43. The van der Waals surface area contributed by atoms with Crippen molar-refractivity contribution in [1.29, 1.82) is 5.26 Å². The number of hydrogen-bond donors (Lipinski definition) is 0. The molecular weight excluding hydrogens is 241 g/mol. The number of rotatable bonds is 4. The van der Waals surface area contributed by atoms with Crippen LogP contribution in [0.3, 0.4) is 0 Å². The van der Waals surface area contributed by atoms with Gasteiger partial charge in [0.1, 0.15) is 0 Å². The lowest BCUT2D eigenvalue weighted by Gasteiger charge is -2.18. The Morgan fingerprint density at radius 2 is 2.00 bits per heavy atom. The lowest BCUT2D eigenvalue weighted by molar-refractivity contribution is -0.137. The predicted molar refractivity (Wildman–Crippen MR) is 62.9 cm³/mol. The van der Waals surface area contributed by atoms with E-state index in [9.17, 15) is 13.2 Å². The lowest BCUT2D eigenvalue weighted by atomic mass is 10.1. The van der Waals surface area contributed by atoms with Crippen molar-refractivity contribution in [3.05, 3.63) is 34.9 Å². The van der Waals surface area contributed by atoms with Crippen molar-refractivity contribution < 1.29 is 13.2 Å². The number of nitriles is 1. The third-order valence-electron chi connectivity index (χ3n) is 2.69. The van der Waals surface area contributed by atoms with E-state index in [-0.39, 0.29) is 6.54 Å². The van der Waals surface area contributed by atoms with Crippen LogP contribution in [-0.2, 0) is 6.54 Å². The maximum absolute atomic E-state index is 12.1. The zero-order chi connectivity index (χ0) is 13.8. The van der Waals surface area contributed by atoms with Gasteiger partial charge in [0.2, 0.25) is 0 Å². The van der Waals surface area contributed by atoms with Crippen molar-refractivity contribution >= 4 is 0 Å². The van der Waals surface area contributed by atoms with Crippen LogP contribution < -0.4 is 0 Å². The second-order valence-electron chi connectivity index (χ2n) is 4.36. The molecule has 0 fully saturated rings. The molecule has 18 heavy (non-hydrogen) atoms. The zero-order valence-electron chi connectivity index (χ0n) is 10.4. The SMILES string of the molecule is Cc1cc(C#N)ccc1CN(C)CCC(F)(F)F. The van der Waals surface area contributed by atoms with Gasteiger partial charge in [-0.05, 0) is 37.2 Å². The molecule has 1 aromatic carbocycles. The van der Waals surface area contributed by atoms with Crippen molar-refractivity contribution in [2.24, 2.45) is 0 Å². The van der Waals surface area contributed by atoms with Crippen LogP contribution in [0.1, 0.15) is 23.1 Å². The van der Waals surface area contributed by atoms with Gasteiger partial charge < -0.3 is 4.90 Å². The maximum atomic E-state index is 12.1. The van der Waals surface area contributed by atoms with Crippen molar-refractivity contribution in [3.8, 4) is 6.07 Å². The predicted octanol–water partition coefficient (Wildman–Crippen LogP) is 3.25. The molecule has 0 amide bonds. The molecule has 0 radical (unpaired) electrons. The fourth-order valence-electron chi connectivity index (χ4n) is 1.63. The van der Waals surface area contributed by atoms with Crippen molar-refractivity contribution in [2.75, 3.05) is 13.6 Å². The topological polar surface area (TPSA) is 27.0 Å². The average molecular weight is 256 g/mol. The molecule has 2 nitrogen and oxygen atoms in total. The van der Waals surface area contributed by atoms with Crippen molar-refractivity contribution in [2.45, 2.75) is 26.1 Å². The van der Waals surface area contributed by atoms with E-state index in [4.69, 9.17) is 5.26 Å². The molecule has 0 aliphatic rings. The Balaban J connectivity index is 2.60. The molecule has 0 saturated carbocycles. The molecule has 0 saturated heterocycles. The fourth-order valence-corrected chi connectivity index (χ4v) is 1.63. The monoisotopic (exact) mass is 256 g/mol. The average Bonchev–Trinajstić information content (AvgIpc) is 2.28. The van der Waals surface area contributed by atoms with Gasteiger partial charge in [0, 0.05) is 13.1 Å². The third kappa shape index (κ3) is 4.76. The molecule has 98 valence electrons. The van der Waals surface area contributed by atoms with Crippen LogP contribution in [0.5, 0.6) is 0 Å². The van der Waals surface area contributed by atoms with Crippen molar-refractivity contribution in [1.82, 2.24) is 4.90 Å². The number of aryl methyl sites for hydroxylation is 1. The van der Waals surface area contributed by atoms with E-state index in [1.807, 2.05) is 13.0 Å². The summed E-state index contributed by atoms with van der Waals surface area (Å²) in [4.78, 5) is 1.63. The van der Waals surface area contributed by atoms with Crippen LogP contribution in [-0.4, -0.2) is 24.7 Å². The van der Waals surface area contributed by atoms with Crippen LogP contribution in [0.2, 0.25) is 0 Å². The first kappa shape index (κ1) is 14.5. The smallest absolute Gasteiger partial charge is 0.302 e. The van der Waals surface area contributed by atoms with E-state index < -0.39 is 12.6 Å². The quantitative estimate of drug-likeness (QED) is 0.826. The molecule has 0 aliphatic heterocycles. The van der Waals surface area contributed by atoms with Crippen molar-refractivity contribution in [3.63, 3.8) is 0 Å². The van der Waals surface area contributed by atoms with Crippen LogP contribution >= 0.6 is 0 Å². The zero-order valence-corrected chi connectivity index (χ0v) is 10.4. The van der Waals surface area contributed by atoms with Gasteiger partial charge in [-0.25, -0.2) is 0 Å². The first-order valence-electron chi connectivity index (χ1n) is 5.57. The standard InChI is InChI=1S/C13H15F3N2/c1-10-7-11(8-17)3-4-12(10)9-18(2)6-5-13(14,15)16/h3-4,7H,5-6,9H2,1-2H3. The maximum Gasteiger partial charge on any atom is 0.390 e. The minimum atomic E-state index is -4.12. The molecule has 1 aromatic rings. The van der Waals surface area contributed by atoms with Gasteiger partial charge in [0.05, 0.1) is 18.1 Å². The highest BCUT2D eigenvalue weighted by Crippen LogP contribution is 2.20.